The van der Waals surface area contributed by atoms with Crippen molar-refractivity contribution >= 4 is 58.2 Å². The number of carbonyl (C=O) groups is 2. The Balaban J connectivity index is 1.63. The van der Waals surface area contributed by atoms with Crippen molar-refractivity contribution in [3.05, 3.63) is 116 Å². The maximum Gasteiger partial charge on any atom is 0.254 e. The van der Waals surface area contributed by atoms with Crippen LogP contribution in [-0.4, -0.2) is 17.6 Å². The number of aryl methyl sites for hydroxylation is 1. The second kappa shape index (κ2) is 12.2. The van der Waals surface area contributed by atoms with Gasteiger partial charge in [-0.25, -0.2) is 0 Å². The first-order valence-corrected chi connectivity index (χ1v) is 13.4. The molecular weight excluding hydrogens is 539 g/mol. The van der Waals surface area contributed by atoms with Gasteiger partial charge in [0.1, 0.15) is 0 Å². The Bertz CT molecular complexity index is 1480. The number of thioether (sulfide) groups is 1. The summed E-state index contributed by atoms with van der Waals surface area (Å²) in [6, 6.07) is 23.6. The Labute approximate surface area is 235 Å². The first kappa shape index (κ1) is 27.3. The second-order valence-corrected chi connectivity index (χ2v) is 10.5. The van der Waals surface area contributed by atoms with E-state index < -0.39 is 5.92 Å². The van der Waals surface area contributed by atoms with Gasteiger partial charge in [-0.1, -0.05) is 70.9 Å². The zero-order chi connectivity index (χ0) is 27.2. The number of hydrogen-bond acceptors (Lipinski definition) is 5. The number of rotatable bonds is 7. The highest BCUT2D eigenvalue weighted by Crippen LogP contribution is 2.43. The van der Waals surface area contributed by atoms with Crippen LogP contribution in [0.15, 0.2) is 94.7 Å². The molecule has 192 valence electrons. The zero-order valence-corrected chi connectivity index (χ0v) is 23.0. The van der Waals surface area contributed by atoms with E-state index in [-0.39, 0.29) is 17.6 Å². The number of carbonyl (C=O) groups excluding carboxylic acids is 2. The molecular formula is C29H24Cl2N4O2S. The lowest BCUT2D eigenvalue weighted by atomic mass is 9.82. The fourth-order valence-corrected chi connectivity index (χ4v) is 5.31. The van der Waals surface area contributed by atoms with Gasteiger partial charge in [-0.3, -0.25) is 9.59 Å². The minimum absolute atomic E-state index is 0.0657. The lowest BCUT2D eigenvalue weighted by Crippen LogP contribution is -2.31. The van der Waals surface area contributed by atoms with Gasteiger partial charge in [0.05, 0.1) is 28.3 Å². The molecule has 1 unspecified atom stereocenters. The van der Waals surface area contributed by atoms with Crippen LogP contribution in [0, 0.1) is 18.3 Å². The number of allylic oxidation sites excluding steroid dienone is 2. The summed E-state index contributed by atoms with van der Waals surface area (Å²) in [4.78, 5) is 26.2. The number of nitrogens with zero attached hydrogens (tertiary/aromatic N) is 1. The Morgan fingerprint density at radius 1 is 0.947 bits per heavy atom. The topological polar surface area (TPSA) is 94.0 Å². The number of nitriles is 1. The standard InChI is InChI=1S/C29H24Cl2N4O2S/c1-17-7-11-20(12-8-17)34-25(36)16-38-29-23(15-32)27(22-5-3-4-6-24(22)31)26(18(2)33-29)28(37)35-21-13-9-19(30)10-14-21/h3-14,27,33H,16H2,1-2H3,(H,34,36)(H,35,37). The molecule has 3 aromatic rings. The molecule has 38 heavy (non-hydrogen) atoms. The summed E-state index contributed by atoms with van der Waals surface area (Å²) in [5.41, 5.74) is 4.19. The van der Waals surface area contributed by atoms with E-state index in [0.29, 0.717) is 48.9 Å². The van der Waals surface area contributed by atoms with Crippen LogP contribution in [0.4, 0.5) is 11.4 Å². The van der Waals surface area contributed by atoms with Gasteiger partial charge in [0.15, 0.2) is 0 Å². The van der Waals surface area contributed by atoms with Crippen molar-refractivity contribution in [2.24, 2.45) is 0 Å². The predicted molar refractivity (Wildman–Crippen MR) is 155 cm³/mol. The molecule has 1 aliphatic heterocycles. The van der Waals surface area contributed by atoms with Crippen LogP contribution in [0.5, 0.6) is 0 Å². The molecule has 0 saturated heterocycles. The Kier molecular flexibility index (Phi) is 8.80. The van der Waals surface area contributed by atoms with Gasteiger partial charge >= 0.3 is 0 Å². The molecule has 1 heterocycles. The SMILES string of the molecule is CC1=C(C(=O)Nc2ccc(Cl)cc2)C(c2ccccc2Cl)C(C#N)=C(SCC(=O)Nc2ccc(C)cc2)N1. The minimum Gasteiger partial charge on any atom is -0.353 e. The van der Waals surface area contributed by atoms with Crippen molar-refractivity contribution in [3.63, 3.8) is 0 Å². The van der Waals surface area contributed by atoms with Gasteiger partial charge in [0.25, 0.3) is 5.91 Å². The van der Waals surface area contributed by atoms with Gasteiger partial charge in [-0.05, 0) is 61.9 Å². The fourth-order valence-electron chi connectivity index (χ4n) is 4.05. The van der Waals surface area contributed by atoms with Crippen LogP contribution < -0.4 is 16.0 Å². The molecule has 6 nitrogen and oxygen atoms in total. The molecule has 1 aliphatic rings. The van der Waals surface area contributed by atoms with E-state index >= 15 is 0 Å². The van der Waals surface area contributed by atoms with Crippen molar-refractivity contribution in [1.82, 2.24) is 5.32 Å². The van der Waals surface area contributed by atoms with E-state index in [2.05, 4.69) is 22.0 Å². The van der Waals surface area contributed by atoms with Crippen LogP contribution >= 0.6 is 35.0 Å². The number of halogens is 2. The molecule has 9 heteroatoms. The van der Waals surface area contributed by atoms with Crippen molar-refractivity contribution in [3.8, 4) is 6.07 Å². The third kappa shape index (κ3) is 6.40. The minimum atomic E-state index is -0.732. The summed E-state index contributed by atoms with van der Waals surface area (Å²) in [5.74, 6) is -1.26. The van der Waals surface area contributed by atoms with Gasteiger partial charge in [0.2, 0.25) is 5.91 Å². The molecule has 0 aromatic heterocycles. The van der Waals surface area contributed by atoms with E-state index in [0.717, 1.165) is 5.56 Å². The first-order chi connectivity index (χ1) is 18.3. The quantitative estimate of drug-likeness (QED) is 0.288. The maximum atomic E-state index is 13.5. The Morgan fingerprint density at radius 2 is 1.58 bits per heavy atom. The highest BCUT2D eigenvalue weighted by molar-refractivity contribution is 8.03. The average Bonchev–Trinajstić information content (AvgIpc) is 2.90. The third-order valence-corrected chi connectivity index (χ3v) is 7.51. The van der Waals surface area contributed by atoms with Crippen molar-refractivity contribution in [2.45, 2.75) is 19.8 Å². The first-order valence-electron chi connectivity index (χ1n) is 11.7. The van der Waals surface area contributed by atoms with Gasteiger partial charge in [-0.2, -0.15) is 5.26 Å². The van der Waals surface area contributed by atoms with Crippen molar-refractivity contribution in [1.29, 1.82) is 5.26 Å². The Hall–Kier alpha value is -3.70. The molecule has 1 atom stereocenters. The summed E-state index contributed by atoms with van der Waals surface area (Å²) in [7, 11) is 0. The second-order valence-electron chi connectivity index (χ2n) is 8.64. The highest BCUT2D eigenvalue weighted by atomic mass is 35.5. The Morgan fingerprint density at radius 3 is 2.24 bits per heavy atom. The normalized spacial score (nSPS) is 15.0. The summed E-state index contributed by atoms with van der Waals surface area (Å²) in [6.07, 6.45) is 0. The monoisotopic (exact) mass is 562 g/mol. The molecule has 0 spiro atoms. The maximum absolute atomic E-state index is 13.5. The molecule has 0 saturated carbocycles. The summed E-state index contributed by atoms with van der Waals surface area (Å²) in [5, 5.41) is 20.7. The lowest BCUT2D eigenvalue weighted by molar-refractivity contribution is -0.114. The number of anilines is 2. The highest BCUT2D eigenvalue weighted by Gasteiger charge is 2.36. The van der Waals surface area contributed by atoms with Gasteiger partial charge in [0, 0.05) is 32.7 Å². The van der Waals surface area contributed by atoms with E-state index in [4.69, 9.17) is 23.2 Å². The number of benzene rings is 3. The fraction of sp³-hybridized carbons (Fsp3) is 0.138. The molecule has 4 rings (SSSR count). The smallest absolute Gasteiger partial charge is 0.254 e. The molecule has 3 aromatic carbocycles. The average molecular weight is 564 g/mol. The molecule has 3 N–H and O–H groups in total. The van der Waals surface area contributed by atoms with Crippen LogP contribution in [0.1, 0.15) is 24.0 Å². The summed E-state index contributed by atoms with van der Waals surface area (Å²) >= 11 is 13.7. The largest absolute Gasteiger partial charge is 0.353 e. The van der Waals surface area contributed by atoms with Crippen molar-refractivity contribution < 1.29 is 9.59 Å². The number of dihydropyridines is 1. The zero-order valence-electron chi connectivity index (χ0n) is 20.6. The number of hydrogen-bond donors (Lipinski definition) is 3. The van der Waals surface area contributed by atoms with E-state index in [1.54, 1.807) is 49.4 Å². The number of amides is 2. The van der Waals surface area contributed by atoms with Crippen LogP contribution in [0.25, 0.3) is 0 Å². The van der Waals surface area contributed by atoms with Crippen LogP contribution in [-0.2, 0) is 9.59 Å². The van der Waals surface area contributed by atoms with E-state index in [1.165, 1.54) is 11.8 Å². The van der Waals surface area contributed by atoms with Gasteiger partial charge in [-0.15, -0.1) is 0 Å². The van der Waals surface area contributed by atoms with Gasteiger partial charge < -0.3 is 16.0 Å². The molecule has 0 fully saturated rings. The lowest BCUT2D eigenvalue weighted by Gasteiger charge is -2.30. The van der Waals surface area contributed by atoms with E-state index in [1.807, 2.05) is 37.3 Å². The number of nitrogens with one attached hydrogen (secondary N) is 3. The molecule has 0 radical (unpaired) electrons. The van der Waals surface area contributed by atoms with Crippen LogP contribution in [0.2, 0.25) is 10.0 Å². The summed E-state index contributed by atoms with van der Waals surface area (Å²) in [6.45, 7) is 3.74. The molecule has 0 bridgehead atoms. The van der Waals surface area contributed by atoms with Crippen molar-refractivity contribution in [2.75, 3.05) is 16.4 Å². The third-order valence-electron chi connectivity index (χ3n) is 5.89. The molecule has 0 aliphatic carbocycles. The van der Waals surface area contributed by atoms with E-state index in [9.17, 15) is 14.9 Å². The molecule has 2 amide bonds. The van der Waals surface area contributed by atoms with Crippen LogP contribution in [0.3, 0.4) is 0 Å². The summed E-state index contributed by atoms with van der Waals surface area (Å²) < 4.78 is 0. The predicted octanol–water partition coefficient (Wildman–Crippen LogP) is 7.01.